The third-order valence-corrected chi connectivity index (χ3v) is 1.61. The van der Waals surface area contributed by atoms with E-state index in [0.717, 1.165) is 0 Å². The van der Waals surface area contributed by atoms with Crippen LogP contribution >= 0.6 is 0 Å². The summed E-state index contributed by atoms with van der Waals surface area (Å²) in [7, 11) is 0. The first-order chi connectivity index (χ1) is 5.77. The number of piperidine rings is 1. The zero-order valence-electron chi connectivity index (χ0n) is 8.10. The molecule has 72 valence electrons. The predicted octanol–water partition coefficient (Wildman–Crippen LogP) is 0.901. The number of amides is 1. The molecule has 12 heavy (non-hydrogen) atoms. The molecule has 3 heteroatoms. The highest BCUT2D eigenvalue weighted by molar-refractivity contribution is 5.46. The highest BCUT2D eigenvalue weighted by atomic mass is 16.1. The van der Waals surface area contributed by atoms with Crippen molar-refractivity contribution in [3.8, 4) is 0 Å². The Hall–Kier alpha value is -0.570. The topological polar surface area (TPSA) is 41.1 Å². The maximum atomic E-state index is 9.50. The smallest absolute Gasteiger partial charge is 0.207 e. The van der Waals surface area contributed by atoms with Gasteiger partial charge in [0, 0.05) is 6.04 Å². The monoisotopic (exact) mass is 172 g/mol. The molecule has 1 amide bonds. The van der Waals surface area contributed by atoms with E-state index in [9.17, 15) is 4.79 Å². The first-order valence-electron chi connectivity index (χ1n) is 4.67. The fraction of sp³-hybridized carbons (Fsp3) is 0.889. The Morgan fingerprint density at radius 2 is 1.83 bits per heavy atom. The van der Waals surface area contributed by atoms with Gasteiger partial charge in [0.05, 0.1) is 0 Å². The van der Waals surface area contributed by atoms with Crippen molar-refractivity contribution in [3.05, 3.63) is 0 Å². The van der Waals surface area contributed by atoms with Crippen LogP contribution in [0, 0.1) is 0 Å². The van der Waals surface area contributed by atoms with Crippen molar-refractivity contribution in [2.75, 3.05) is 13.1 Å². The molecular weight excluding hydrogens is 152 g/mol. The summed E-state index contributed by atoms with van der Waals surface area (Å²) in [5, 5.41) is 5.81. The first kappa shape index (κ1) is 11.4. The normalized spacial score (nSPS) is 16.2. The van der Waals surface area contributed by atoms with Gasteiger partial charge in [-0.15, -0.1) is 0 Å². The van der Waals surface area contributed by atoms with Crippen LogP contribution in [0.15, 0.2) is 0 Å². The van der Waals surface area contributed by atoms with Crippen LogP contribution in [0.4, 0.5) is 0 Å². The fourth-order valence-electron chi connectivity index (χ4n) is 0.938. The molecular formula is C9H20N2O. The third kappa shape index (κ3) is 9.43. The molecule has 0 aromatic heterocycles. The quantitative estimate of drug-likeness (QED) is 0.608. The van der Waals surface area contributed by atoms with Crippen LogP contribution < -0.4 is 10.6 Å². The van der Waals surface area contributed by atoms with Crippen LogP contribution in [0.25, 0.3) is 0 Å². The Balaban J connectivity index is 0.000000202. The molecule has 0 saturated carbocycles. The van der Waals surface area contributed by atoms with Crippen LogP contribution in [-0.4, -0.2) is 25.5 Å². The van der Waals surface area contributed by atoms with Gasteiger partial charge in [0.15, 0.2) is 0 Å². The van der Waals surface area contributed by atoms with Crippen LogP contribution in [0.3, 0.4) is 0 Å². The van der Waals surface area contributed by atoms with Gasteiger partial charge in [-0.3, -0.25) is 4.79 Å². The zero-order chi connectivity index (χ0) is 9.23. The minimum absolute atomic E-state index is 0.280. The molecule has 1 aliphatic rings. The number of carbonyl (C=O) groups is 1. The van der Waals surface area contributed by atoms with Gasteiger partial charge in [-0.2, -0.15) is 0 Å². The van der Waals surface area contributed by atoms with Gasteiger partial charge in [0.2, 0.25) is 6.41 Å². The summed E-state index contributed by atoms with van der Waals surface area (Å²) in [5.41, 5.74) is 0. The van der Waals surface area contributed by atoms with E-state index in [-0.39, 0.29) is 6.04 Å². The SMILES string of the molecule is C1CCNCC1.CC(C)NC=O. The lowest BCUT2D eigenvalue weighted by atomic mass is 10.2. The van der Waals surface area contributed by atoms with Crippen molar-refractivity contribution in [1.29, 1.82) is 0 Å². The lowest BCUT2D eigenvalue weighted by molar-refractivity contribution is -0.109. The lowest BCUT2D eigenvalue weighted by Gasteiger charge is -2.08. The molecule has 1 aliphatic heterocycles. The number of hydrogen-bond acceptors (Lipinski definition) is 2. The van der Waals surface area contributed by atoms with E-state index in [2.05, 4.69) is 10.6 Å². The molecule has 0 aromatic carbocycles. The second kappa shape index (κ2) is 8.53. The summed E-state index contributed by atoms with van der Waals surface area (Å²) < 4.78 is 0. The van der Waals surface area contributed by atoms with E-state index in [0.29, 0.717) is 6.41 Å². The molecule has 1 fully saturated rings. The van der Waals surface area contributed by atoms with E-state index in [1.54, 1.807) is 0 Å². The van der Waals surface area contributed by atoms with E-state index in [1.807, 2.05) is 13.8 Å². The molecule has 0 spiro atoms. The molecule has 0 unspecified atom stereocenters. The Morgan fingerprint density at radius 1 is 1.25 bits per heavy atom. The maximum Gasteiger partial charge on any atom is 0.207 e. The fourth-order valence-corrected chi connectivity index (χ4v) is 0.938. The zero-order valence-corrected chi connectivity index (χ0v) is 8.10. The summed E-state index contributed by atoms with van der Waals surface area (Å²) in [5.74, 6) is 0. The van der Waals surface area contributed by atoms with E-state index >= 15 is 0 Å². The molecule has 0 aromatic rings. The molecule has 1 rings (SSSR count). The van der Waals surface area contributed by atoms with Gasteiger partial charge < -0.3 is 10.6 Å². The van der Waals surface area contributed by atoms with Gasteiger partial charge in [-0.05, 0) is 39.8 Å². The summed E-state index contributed by atoms with van der Waals surface area (Å²) in [4.78, 5) is 9.50. The maximum absolute atomic E-state index is 9.50. The van der Waals surface area contributed by atoms with Crippen molar-refractivity contribution in [1.82, 2.24) is 10.6 Å². The van der Waals surface area contributed by atoms with Crippen LogP contribution in [0.2, 0.25) is 0 Å². The highest BCUT2D eigenvalue weighted by Crippen LogP contribution is 1.96. The van der Waals surface area contributed by atoms with Gasteiger partial charge in [0.25, 0.3) is 0 Å². The van der Waals surface area contributed by atoms with Crippen LogP contribution in [-0.2, 0) is 4.79 Å². The average Bonchev–Trinajstić information content (AvgIpc) is 2.08. The molecule has 1 saturated heterocycles. The van der Waals surface area contributed by atoms with Gasteiger partial charge in [-0.1, -0.05) is 6.42 Å². The van der Waals surface area contributed by atoms with Crippen LogP contribution in [0.1, 0.15) is 33.1 Å². The lowest BCUT2D eigenvalue weighted by Crippen LogP contribution is -2.21. The summed E-state index contributed by atoms with van der Waals surface area (Å²) >= 11 is 0. The number of nitrogens with one attached hydrogen (secondary N) is 2. The van der Waals surface area contributed by atoms with Crippen molar-refractivity contribution in [2.45, 2.75) is 39.2 Å². The Bertz CT molecular complexity index is 89.2. The predicted molar refractivity (Wildman–Crippen MR) is 51.1 cm³/mol. The number of hydrogen-bond donors (Lipinski definition) is 2. The molecule has 3 nitrogen and oxygen atoms in total. The third-order valence-electron chi connectivity index (χ3n) is 1.61. The minimum atomic E-state index is 0.280. The van der Waals surface area contributed by atoms with Crippen molar-refractivity contribution in [3.63, 3.8) is 0 Å². The molecule has 0 atom stereocenters. The second-order valence-corrected chi connectivity index (χ2v) is 3.25. The van der Waals surface area contributed by atoms with E-state index < -0.39 is 0 Å². The van der Waals surface area contributed by atoms with Crippen molar-refractivity contribution in [2.24, 2.45) is 0 Å². The minimum Gasteiger partial charge on any atom is -0.357 e. The van der Waals surface area contributed by atoms with Crippen molar-refractivity contribution < 1.29 is 4.79 Å². The molecule has 0 radical (unpaired) electrons. The van der Waals surface area contributed by atoms with Gasteiger partial charge >= 0.3 is 0 Å². The van der Waals surface area contributed by atoms with E-state index in [1.165, 1.54) is 32.4 Å². The molecule has 2 N–H and O–H groups in total. The Labute approximate surface area is 74.9 Å². The molecule has 0 bridgehead atoms. The molecule has 1 heterocycles. The number of carbonyl (C=O) groups excluding carboxylic acids is 1. The van der Waals surface area contributed by atoms with Crippen LogP contribution in [0.5, 0.6) is 0 Å². The standard InChI is InChI=1S/C5H11N.C4H9NO/c1-2-4-6-5-3-1;1-4(2)5-3-6/h6H,1-5H2;3-4H,1-2H3,(H,5,6). The van der Waals surface area contributed by atoms with Gasteiger partial charge in [-0.25, -0.2) is 0 Å². The summed E-state index contributed by atoms with van der Waals surface area (Å²) in [6.07, 6.45) is 4.91. The Morgan fingerprint density at radius 3 is 1.92 bits per heavy atom. The largest absolute Gasteiger partial charge is 0.357 e. The summed E-state index contributed by atoms with van der Waals surface area (Å²) in [6, 6.07) is 0.280. The second-order valence-electron chi connectivity index (χ2n) is 3.25. The number of rotatable bonds is 2. The highest BCUT2D eigenvalue weighted by Gasteiger charge is 1.93. The van der Waals surface area contributed by atoms with Gasteiger partial charge in [0.1, 0.15) is 0 Å². The summed E-state index contributed by atoms with van der Waals surface area (Å²) in [6.45, 7) is 6.32. The van der Waals surface area contributed by atoms with E-state index in [4.69, 9.17) is 0 Å². The Kier molecular flexibility index (Phi) is 8.12. The molecule has 0 aliphatic carbocycles. The average molecular weight is 172 g/mol. The van der Waals surface area contributed by atoms with Crippen molar-refractivity contribution >= 4 is 6.41 Å². The first-order valence-corrected chi connectivity index (χ1v) is 4.67.